The van der Waals surface area contributed by atoms with E-state index >= 15 is 0 Å². The molecule has 2 saturated carbocycles. The third-order valence-electron chi connectivity index (χ3n) is 3.79. The average Bonchev–Trinajstić information content (AvgIpc) is 3.32. The Morgan fingerprint density at radius 2 is 1.64 bits per heavy atom. The van der Waals surface area contributed by atoms with E-state index in [9.17, 15) is 0 Å². The third kappa shape index (κ3) is 3.45. The molecule has 0 unspecified atom stereocenters. The summed E-state index contributed by atoms with van der Waals surface area (Å²) in [5.41, 5.74) is 1.93. The van der Waals surface area contributed by atoms with Crippen molar-refractivity contribution in [1.29, 1.82) is 0 Å². The van der Waals surface area contributed by atoms with Gasteiger partial charge in [-0.25, -0.2) is 4.98 Å². The van der Waals surface area contributed by atoms with Crippen molar-refractivity contribution < 1.29 is 0 Å². The van der Waals surface area contributed by atoms with Crippen LogP contribution < -0.4 is 10.6 Å². The van der Waals surface area contributed by atoms with E-state index in [-0.39, 0.29) is 0 Å². The molecule has 2 N–H and O–H groups in total. The van der Waals surface area contributed by atoms with Crippen molar-refractivity contribution in [2.24, 2.45) is 0 Å². The summed E-state index contributed by atoms with van der Waals surface area (Å²) in [7, 11) is 0. The lowest BCUT2D eigenvalue weighted by molar-refractivity contribution is 0.968. The Morgan fingerprint density at radius 3 is 2.27 bits per heavy atom. The van der Waals surface area contributed by atoms with Crippen LogP contribution >= 0.6 is 23.2 Å². The second-order valence-electron chi connectivity index (χ2n) is 5.98. The lowest BCUT2D eigenvalue weighted by Gasteiger charge is -2.11. The molecule has 0 atom stereocenters. The van der Waals surface area contributed by atoms with Gasteiger partial charge >= 0.3 is 0 Å². The molecule has 0 amide bonds. The molecule has 2 aliphatic carbocycles. The molecule has 22 heavy (non-hydrogen) atoms. The van der Waals surface area contributed by atoms with Gasteiger partial charge in [0.1, 0.15) is 5.82 Å². The second-order valence-corrected chi connectivity index (χ2v) is 6.85. The molecule has 2 aromatic rings. The molecule has 0 bridgehead atoms. The van der Waals surface area contributed by atoms with Gasteiger partial charge in [-0.1, -0.05) is 23.2 Å². The Kier molecular flexibility index (Phi) is 3.59. The van der Waals surface area contributed by atoms with E-state index in [4.69, 9.17) is 23.2 Å². The summed E-state index contributed by atoms with van der Waals surface area (Å²) < 4.78 is 0. The van der Waals surface area contributed by atoms with Crippen LogP contribution in [0.25, 0.3) is 0 Å². The molecular formula is C16H16Cl2N4. The molecule has 1 aromatic carbocycles. The monoisotopic (exact) mass is 334 g/mol. The average molecular weight is 335 g/mol. The van der Waals surface area contributed by atoms with E-state index in [0.29, 0.717) is 28.0 Å². The molecule has 2 aliphatic rings. The summed E-state index contributed by atoms with van der Waals surface area (Å²) in [5.74, 6) is 2.06. The predicted octanol–water partition coefficient (Wildman–Crippen LogP) is 4.98. The molecule has 1 heterocycles. The predicted molar refractivity (Wildman–Crippen MR) is 90.4 cm³/mol. The van der Waals surface area contributed by atoms with Gasteiger partial charge in [0.25, 0.3) is 0 Å². The molecule has 1 aromatic heterocycles. The van der Waals surface area contributed by atoms with Gasteiger partial charge in [0.05, 0.1) is 5.69 Å². The number of hydrogen-bond acceptors (Lipinski definition) is 4. The molecule has 0 aliphatic heterocycles. The van der Waals surface area contributed by atoms with Crippen molar-refractivity contribution in [1.82, 2.24) is 9.97 Å². The van der Waals surface area contributed by atoms with Crippen LogP contribution in [0, 0.1) is 0 Å². The van der Waals surface area contributed by atoms with Crippen molar-refractivity contribution in [3.8, 4) is 0 Å². The van der Waals surface area contributed by atoms with E-state index in [1.807, 2.05) is 18.2 Å². The maximum Gasteiger partial charge on any atom is 0.225 e. The molecule has 6 heteroatoms. The summed E-state index contributed by atoms with van der Waals surface area (Å²) >= 11 is 12.1. The maximum atomic E-state index is 6.05. The van der Waals surface area contributed by atoms with Crippen molar-refractivity contribution >= 4 is 40.7 Å². The van der Waals surface area contributed by atoms with Gasteiger partial charge in [0.2, 0.25) is 5.95 Å². The Labute approximate surface area is 139 Å². The van der Waals surface area contributed by atoms with Crippen molar-refractivity contribution in [3.63, 3.8) is 0 Å². The number of halogens is 2. The maximum absolute atomic E-state index is 6.05. The minimum atomic E-state index is 0.530. The SMILES string of the molecule is Clc1cc(Cl)cc(Nc2cc(C3CC3)nc(NC3CC3)n2)c1. The first-order valence-electron chi connectivity index (χ1n) is 7.54. The van der Waals surface area contributed by atoms with Crippen LogP contribution in [-0.2, 0) is 0 Å². The largest absolute Gasteiger partial charge is 0.351 e. The number of hydrogen-bond donors (Lipinski definition) is 2. The standard InChI is InChI=1S/C16H16Cl2N4/c17-10-5-11(18)7-13(6-10)19-15-8-14(9-1-2-9)21-16(22-15)20-12-3-4-12/h5-9,12H,1-4H2,(H2,19,20,21,22). The Balaban J connectivity index is 1.62. The van der Waals surface area contributed by atoms with E-state index in [0.717, 1.165) is 17.2 Å². The molecule has 4 rings (SSSR count). The highest BCUT2D eigenvalue weighted by Gasteiger charge is 2.27. The lowest BCUT2D eigenvalue weighted by Crippen LogP contribution is -2.08. The van der Waals surface area contributed by atoms with Gasteiger partial charge < -0.3 is 10.6 Å². The summed E-state index contributed by atoms with van der Waals surface area (Å²) in [5, 5.41) is 7.86. The van der Waals surface area contributed by atoms with Gasteiger partial charge in [-0.05, 0) is 43.9 Å². The van der Waals surface area contributed by atoms with Gasteiger partial charge in [-0.3, -0.25) is 0 Å². The third-order valence-corrected chi connectivity index (χ3v) is 4.22. The Hall–Kier alpha value is -1.52. The minimum Gasteiger partial charge on any atom is -0.351 e. The fourth-order valence-corrected chi connectivity index (χ4v) is 2.89. The van der Waals surface area contributed by atoms with Crippen molar-refractivity contribution in [3.05, 3.63) is 40.0 Å². The molecular weight excluding hydrogens is 319 g/mol. The van der Waals surface area contributed by atoms with Crippen molar-refractivity contribution in [2.45, 2.75) is 37.6 Å². The lowest BCUT2D eigenvalue weighted by atomic mass is 10.2. The zero-order valence-corrected chi connectivity index (χ0v) is 13.5. The topological polar surface area (TPSA) is 49.8 Å². The number of benzene rings is 1. The normalized spacial score (nSPS) is 17.4. The zero-order valence-electron chi connectivity index (χ0n) is 11.9. The summed E-state index contributed by atoms with van der Waals surface area (Å²) in [6.45, 7) is 0. The van der Waals surface area contributed by atoms with E-state index in [1.165, 1.54) is 25.7 Å². The number of aromatic nitrogens is 2. The molecule has 2 fully saturated rings. The fraction of sp³-hybridized carbons (Fsp3) is 0.375. The summed E-state index contributed by atoms with van der Waals surface area (Å²) in [4.78, 5) is 9.20. The molecule has 114 valence electrons. The molecule has 4 nitrogen and oxygen atoms in total. The van der Waals surface area contributed by atoms with Crippen LogP contribution in [0.4, 0.5) is 17.5 Å². The Bertz CT molecular complexity index is 691. The first kappa shape index (κ1) is 14.1. The highest BCUT2D eigenvalue weighted by Crippen LogP contribution is 2.40. The highest BCUT2D eigenvalue weighted by atomic mass is 35.5. The van der Waals surface area contributed by atoms with Crippen LogP contribution in [0.5, 0.6) is 0 Å². The summed E-state index contributed by atoms with van der Waals surface area (Å²) in [6.07, 6.45) is 4.82. The van der Waals surface area contributed by atoms with Crippen LogP contribution in [0.3, 0.4) is 0 Å². The Morgan fingerprint density at radius 1 is 0.909 bits per heavy atom. The second kappa shape index (κ2) is 5.60. The van der Waals surface area contributed by atoms with Gasteiger partial charge in [0.15, 0.2) is 0 Å². The minimum absolute atomic E-state index is 0.530. The van der Waals surface area contributed by atoms with Crippen LogP contribution in [0.2, 0.25) is 10.0 Å². The van der Waals surface area contributed by atoms with Crippen molar-refractivity contribution in [2.75, 3.05) is 10.6 Å². The van der Waals surface area contributed by atoms with E-state index in [2.05, 4.69) is 20.6 Å². The highest BCUT2D eigenvalue weighted by molar-refractivity contribution is 6.35. The fourth-order valence-electron chi connectivity index (χ4n) is 2.37. The summed E-state index contributed by atoms with van der Waals surface area (Å²) in [6, 6.07) is 7.93. The smallest absolute Gasteiger partial charge is 0.225 e. The van der Waals surface area contributed by atoms with Gasteiger partial charge in [-0.15, -0.1) is 0 Å². The number of anilines is 3. The van der Waals surface area contributed by atoms with Gasteiger partial charge in [0, 0.05) is 33.8 Å². The van der Waals surface area contributed by atoms with Crippen LogP contribution in [0.1, 0.15) is 37.3 Å². The van der Waals surface area contributed by atoms with Gasteiger partial charge in [-0.2, -0.15) is 4.98 Å². The molecule has 0 spiro atoms. The van der Waals surface area contributed by atoms with Crippen LogP contribution in [0.15, 0.2) is 24.3 Å². The molecule has 0 radical (unpaired) electrons. The zero-order chi connectivity index (χ0) is 15.1. The number of nitrogens with zero attached hydrogens (tertiary/aromatic N) is 2. The number of rotatable bonds is 5. The first-order chi connectivity index (χ1) is 10.7. The first-order valence-corrected chi connectivity index (χ1v) is 8.30. The van der Waals surface area contributed by atoms with E-state index < -0.39 is 0 Å². The number of nitrogens with one attached hydrogen (secondary N) is 2. The quantitative estimate of drug-likeness (QED) is 0.809. The van der Waals surface area contributed by atoms with Crippen LogP contribution in [-0.4, -0.2) is 16.0 Å². The molecule has 0 saturated heterocycles. The van der Waals surface area contributed by atoms with E-state index in [1.54, 1.807) is 6.07 Å².